The maximum atomic E-state index is 13.8. The molecule has 0 aliphatic heterocycles. The lowest BCUT2D eigenvalue weighted by Crippen LogP contribution is -2.22. The van der Waals surface area contributed by atoms with Crippen LogP contribution in [0.25, 0.3) is 0 Å². The first-order valence-electron chi connectivity index (χ1n) is 6.44. The lowest BCUT2D eigenvalue weighted by Gasteiger charge is -2.17. The molecule has 0 saturated heterocycles. The van der Waals surface area contributed by atoms with Gasteiger partial charge < -0.3 is 5.32 Å². The van der Waals surface area contributed by atoms with E-state index in [0.717, 1.165) is 22.0 Å². The summed E-state index contributed by atoms with van der Waals surface area (Å²) in [5.41, 5.74) is 0.527. The van der Waals surface area contributed by atoms with Gasteiger partial charge in [0.2, 0.25) is 0 Å². The predicted octanol–water partition coefficient (Wildman–Crippen LogP) is 4.99. The lowest BCUT2D eigenvalue weighted by molar-refractivity contribution is 0.526. The summed E-state index contributed by atoms with van der Waals surface area (Å²) in [6.07, 6.45) is 0.506. The number of benzene rings is 1. The zero-order chi connectivity index (χ0) is 14.7. The first-order valence-corrected chi connectivity index (χ1v) is 8.05. The zero-order valence-corrected chi connectivity index (χ0v) is 13.7. The van der Waals surface area contributed by atoms with Gasteiger partial charge >= 0.3 is 0 Å². The first kappa shape index (κ1) is 15.6. The number of halogens is 3. The second-order valence-electron chi connectivity index (χ2n) is 4.60. The molecule has 0 aliphatic rings. The van der Waals surface area contributed by atoms with Crippen molar-refractivity contribution < 1.29 is 8.78 Å². The highest BCUT2D eigenvalue weighted by Gasteiger charge is 2.17. The van der Waals surface area contributed by atoms with Crippen molar-refractivity contribution in [2.24, 2.45) is 0 Å². The van der Waals surface area contributed by atoms with Crippen LogP contribution in [0.15, 0.2) is 28.7 Å². The van der Waals surface area contributed by atoms with Gasteiger partial charge in [-0.2, -0.15) is 0 Å². The first-order chi connectivity index (χ1) is 9.51. The zero-order valence-electron chi connectivity index (χ0n) is 11.3. The maximum Gasteiger partial charge on any atom is 0.129 e. The Bertz CT molecular complexity index is 578. The minimum absolute atomic E-state index is 0.0370. The van der Waals surface area contributed by atoms with Crippen LogP contribution in [-0.2, 0) is 6.42 Å². The lowest BCUT2D eigenvalue weighted by atomic mass is 10.0. The molecule has 2 rings (SSSR count). The number of aryl methyl sites for hydroxylation is 1. The van der Waals surface area contributed by atoms with Crippen molar-refractivity contribution in [1.29, 1.82) is 0 Å². The fraction of sp³-hybridized carbons (Fsp3) is 0.333. The molecule has 5 heteroatoms. The fourth-order valence-corrected chi connectivity index (χ4v) is 3.72. The van der Waals surface area contributed by atoms with Gasteiger partial charge in [0, 0.05) is 26.3 Å². The van der Waals surface area contributed by atoms with E-state index in [9.17, 15) is 8.78 Å². The summed E-state index contributed by atoms with van der Waals surface area (Å²) in [4.78, 5) is 2.35. The van der Waals surface area contributed by atoms with Crippen molar-refractivity contribution in [3.05, 3.63) is 55.7 Å². The second-order valence-corrected chi connectivity index (χ2v) is 6.75. The summed E-state index contributed by atoms with van der Waals surface area (Å²) in [6.45, 7) is 4.85. The Labute approximate surface area is 130 Å². The summed E-state index contributed by atoms with van der Waals surface area (Å²) >= 11 is 5.19. The number of rotatable bonds is 5. The third kappa shape index (κ3) is 3.65. The molecule has 1 atom stereocenters. The van der Waals surface area contributed by atoms with Crippen molar-refractivity contribution in [2.75, 3.05) is 6.54 Å². The van der Waals surface area contributed by atoms with Crippen LogP contribution in [0.3, 0.4) is 0 Å². The smallest absolute Gasteiger partial charge is 0.129 e. The van der Waals surface area contributed by atoms with E-state index in [1.54, 1.807) is 11.3 Å². The van der Waals surface area contributed by atoms with Gasteiger partial charge in [0.1, 0.15) is 11.6 Å². The Kier molecular flexibility index (Phi) is 5.29. The summed E-state index contributed by atoms with van der Waals surface area (Å²) in [7, 11) is 0. The van der Waals surface area contributed by atoms with Crippen LogP contribution >= 0.6 is 27.3 Å². The van der Waals surface area contributed by atoms with Crippen LogP contribution in [0.2, 0.25) is 0 Å². The van der Waals surface area contributed by atoms with Gasteiger partial charge in [-0.25, -0.2) is 8.78 Å². The van der Waals surface area contributed by atoms with Gasteiger partial charge in [0.15, 0.2) is 0 Å². The Balaban J connectivity index is 2.25. The van der Waals surface area contributed by atoms with Crippen LogP contribution in [0.5, 0.6) is 0 Å². The largest absolute Gasteiger partial charge is 0.309 e. The molecule has 1 unspecified atom stereocenters. The molecule has 20 heavy (non-hydrogen) atoms. The molecule has 108 valence electrons. The third-order valence-electron chi connectivity index (χ3n) is 3.11. The van der Waals surface area contributed by atoms with Gasteiger partial charge in [-0.15, -0.1) is 11.3 Å². The fourth-order valence-electron chi connectivity index (χ4n) is 2.08. The molecule has 0 bridgehead atoms. The van der Waals surface area contributed by atoms with Crippen molar-refractivity contribution in [2.45, 2.75) is 26.3 Å². The summed E-state index contributed by atoms with van der Waals surface area (Å²) in [6, 6.07) is 5.86. The molecule has 0 saturated carbocycles. The highest BCUT2D eigenvalue weighted by atomic mass is 79.9. The monoisotopic (exact) mass is 359 g/mol. The van der Waals surface area contributed by atoms with E-state index >= 15 is 0 Å². The normalized spacial score (nSPS) is 12.7. The van der Waals surface area contributed by atoms with Gasteiger partial charge in [-0.3, -0.25) is 0 Å². The van der Waals surface area contributed by atoms with E-state index in [1.807, 2.05) is 13.8 Å². The van der Waals surface area contributed by atoms with E-state index in [0.29, 0.717) is 12.0 Å². The van der Waals surface area contributed by atoms with Gasteiger partial charge in [0.05, 0.1) is 0 Å². The van der Waals surface area contributed by atoms with Crippen LogP contribution < -0.4 is 5.32 Å². The van der Waals surface area contributed by atoms with Crippen LogP contribution in [0.1, 0.15) is 28.3 Å². The molecule has 1 nitrogen and oxygen atoms in total. The van der Waals surface area contributed by atoms with Crippen molar-refractivity contribution in [1.82, 2.24) is 5.32 Å². The number of likely N-dealkylation sites (N-methyl/N-ethyl adjacent to an activating group) is 1. The van der Waals surface area contributed by atoms with Crippen LogP contribution in [0, 0.1) is 18.6 Å². The molecule has 0 amide bonds. The van der Waals surface area contributed by atoms with Crippen molar-refractivity contribution >= 4 is 27.3 Å². The third-order valence-corrected chi connectivity index (χ3v) is 5.36. The van der Waals surface area contributed by atoms with Crippen LogP contribution in [-0.4, -0.2) is 6.54 Å². The molecule has 1 N–H and O–H groups in total. The standard InChI is InChI=1S/C15H16BrF2NS/c1-3-19-14(15-8-12(16)9(2)20-15)6-10-4-5-11(17)7-13(10)18/h4-5,7-8,14,19H,3,6H2,1-2H3. The average molecular weight is 360 g/mol. The number of thiophene rings is 1. The van der Waals surface area contributed by atoms with Crippen molar-refractivity contribution in [3.8, 4) is 0 Å². The number of nitrogens with one attached hydrogen (secondary N) is 1. The molecule has 1 aromatic heterocycles. The Morgan fingerprint density at radius 2 is 2.05 bits per heavy atom. The number of hydrogen-bond acceptors (Lipinski definition) is 2. The van der Waals surface area contributed by atoms with Gasteiger partial charge in [-0.05, 0) is 53.5 Å². The minimum Gasteiger partial charge on any atom is -0.309 e. The summed E-state index contributed by atoms with van der Waals surface area (Å²) < 4.78 is 27.8. The molecular weight excluding hydrogens is 344 g/mol. The minimum atomic E-state index is -0.541. The second kappa shape index (κ2) is 6.78. The Morgan fingerprint density at radius 3 is 2.60 bits per heavy atom. The average Bonchev–Trinajstić information content (AvgIpc) is 2.72. The molecular formula is C15H16BrF2NS. The Hall–Kier alpha value is -0.780. The van der Waals surface area contributed by atoms with Gasteiger partial charge in [-0.1, -0.05) is 13.0 Å². The number of hydrogen-bond donors (Lipinski definition) is 1. The molecule has 2 aromatic rings. The Morgan fingerprint density at radius 1 is 1.30 bits per heavy atom. The van der Waals surface area contributed by atoms with E-state index < -0.39 is 11.6 Å². The molecule has 1 heterocycles. The summed E-state index contributed by atoms with van der Waals surface area (Å²) in [5, 5.41) is 3.36. The van der Waals surface area contributed by atoms with E-state index in [-0.39, 0.29) is 6.04 Å². The maximum absolute atomic E-state index is 13.8. The topological polar surface area (TPSA) is 12.0 Å². The predicted molar refractivity (Wildman–Crippen MR) is 83.2 cm³/mol. The van der Waals surface area contributed by atoms with Crippen molar-refractivity contribution in [3.63, 3.8) is 0 Å². The highest BCUT2D eigenvalue weighted by molar-refractivity contribution is 9.10. The van der Waals surface area contributed by atoms with Crippen LogP contribution in [0.4, 0.5) is 8.78 Å². The summed E-state index contributed by atoms with van der Waals surface area (Å²) in [5.74, 6) is -1.03. The van der Waals surface area contributed by atoms with E-state index in [2.05, 4.69) is 27.3 Å². The highest BCUT2D eigenvalue weighted by Crippen LogP contribution is 2.32. The van der Waals surface area contributed by atoms with Gasteiger partial charge in [0.25, 0.3) is 0 Å². The molecule has 0 radical (unpaired) electrons. The molecule has 1 aromatic carbocycles. The quantitative estimate of drug-likeness (QED) is 0.792. The molecule has 0 spiro atoms. The van der Waals surface area contributed by atoms with E-state index in [4.69, 9.17) is 0 Å². The van der Waals surface area contributed by atoms with E-state index in [1.165, 1.54) is 17.0 Å². The molecule has 0 fully saturated rings. The SMILES string of the molecule is CCNC(Cc1ccc(F)cc1F)c1cc(Br)c(C)s1. The molecule has 0 aliphatic carbocycles.